The summed E-state index contributed by atoms with van der Waals surface area (Å²) in [5, 5.41) is 32.4. The molecule has 34 heavy (non-hydrogen) atoms. The second kappa shape index (κ2) is 9.91. The van der Waals surface area contributed by atoms with Crippen LogP contribution in [0.1, 0.15) is 50.4 Å². The molecular formula is C27H22O6S. The number of ether oxygens (including phenoxy) is 1. The summed E-state index contributed by atoms with van der Waals surface area (Å²) in [6, 6.07) is 20.3. The number of aromatic carboxylic acids is 1. The first-order chi connectivity index (χ1) is 16.3. The number of aliphatic hydroxyl groups excluding tert-OH is 1. The van der Waals surface area contributed by atoms with Gasteiger partial charge in [0.1, 0.15) is 24.2 Å². The number of carboxylic acids is 1. The lowest BCUT2D eigenvalue weighted by molar-refractivity contribution is 0.0696. The molecule has 0 saturated heterocycles. The van der Waals surface area contributed by atoms with E-state index in [2.05, 4.69) is 0 Å². The molecule has 3 aromatic carbocycles. The SMILES string of the molecule is CC(=O)c1ccc(OCc2ccc(C(O)c3cccc(C(=O)O)c3)cc2)c(-c2cccs2)c1O. The smallest absolute Gasteiger partial charge is 0.335 e. The summed E-state index contributed by atoms with van der Waals surface area (Å²) in [6.07, 6.45) is -0.962. The van der Waals surface area contributed by atoms with E-state index >= 15 is 0 Å². The standard InChI is InChI=1S/C27H22O6S/c1-16(28)21-11-12-22(24(26(21)30)23-6-3-13-34-23)33-15-17-7-9-18(10-8-17)25(29)19-4-2-5-20(14-19)27(31)32/h2-14,25,29-30H,15H2,1H3,(H,31,32). The van der Waals surface area contributed by atoms with E-state index in [9.17, 15) is 19.8 Å². The third-order valence-corrected chi connectivity index (χ3v) is 6.31. The monoisotopic (exact) mass is 474 g/mol. The van der Waals surface area contributed by atoms with Crippen LogP contribution in [0.4, 0.5) is 0 Å². The number of hydrogen-bond acceptors (Lipinski definition) is 6. The summed E-state index contributed by atoms with van der Waals surface area (Å²) in [7, 11) is 0. The van der Waals surface area contributed by atoms with Crippen LogP contribution in [-0.4, -0.2) is 27.1 Å². The molecule has 1 aromatic heterocycles. The van der Waals surface area contributed by atoms with Crippen LogP contribution in [0.5, 0.6) is 11.5 Å². The van der Waals surface area contributed by atoms with Crippen LogP contribution < -0.4 is 4.74 Å². The highest BCUT2D eigenvalue weighted by molar-refractivity contribution is 7.13. The largest absolute Gasteiger partial charge is 0.506 e. The Hall–Kier alpha value is -3.94. The third kappa shape index (κ3) is 4.85. The molecule has 0 fully saturated rings. The van der Waals surface area contributed by atoms with Gasteiger partial charge in [-0.3, -0.25) is 4.79 Å². The minimum absolute atomic E-state index is 0.102. The third-order valence-electron chi connectivity index (χ3n) is 5.43. The molecular weight excluding hydrogens is 452 g/mol. The molecule has 1 unspecified atom stereocenters. The van der Waals surface area contributed by atoms with E-state index < -0.39 is 12.1 Å². The first kappa shape index (κ1) is 23.2. The van der Waals surface area contributed by atoms with Gasteiger partial charge in [0.2, 0.25) is 0 Å². The fourth-order valence-electron chi connectivity index (χ4n) is 3.63. The van der Waals surface area contributed by atoms with Crippen LogP contribution in [0.25, 0.3) is 10.4 Å². The van der Waals surface area contributed by atoms with E-state index in [0.29, 0.717) is 22.4 Å². The van der Waals surface area contributed by atoms with Gasteiger partial charge in [0.15, 0.2) is 5.78 Å². The van der Waals surface area contributed by atoms with Gasteiger partial charge in [-0.25, -0.2) is 4.79 Å². The van der Waals surface area contributed by atoms with Crippen LogP contribution in [-0.2, 0) is 6.61 Å². The number of carboxylic acid groups (broad SMARTS) is 1. The highest BCUT2D eigenvalue weighted by Gasteiger charge is 2.19. The van der Waals surface area contributed by atoms with Crippen molar-refractivity contribution < 1.29 is 29.6 Å². The number of rotatable bonds is 8. The molecule has 0 aliphatic heterocycles. The first-order valence-electron chi connectivity index (χ1n) is 10.5. The molecule has 0 spiro atoms. The Morgan fingerprint density at radius 3 is 2.38 bits per heavy atom. The van der Waals surface area contributed by atoms with Crippen LogP contribution in [0, 0.1) is 0 Å². The maximum Gasteiger partial charge on any atom is 0.335 e. The molecule has 1 heterocycles. The van der Waals surface area contributed by atoms with Gasteiger partial charge in [-0.15, -0.1) is 11.3 Å². The van der Waals surface area contributed by atoms with Crippen molar-refractivity contribution in [2.75, 3.05) is 0 Å². The molecule has 0 amide bonds. The summed E-state index contributed by atoms with van der Waals surface area (Å²) in [6.45, 7) is 1.61. The van der Waals surface area contributed by atoms with Crippen molar-refractivity contribution in [2.45, 2.75) is 19.6 Å². The van der Waals surface area contributed by atoms with Gasteiger partial charge in [-0.1, -0.05) is 42.5 Å². The quantitative estimate of drug-likeness (QED) is 0.284. The Labute approximate surface area is 200 Å². The zero-order valence-corrected chi connectivity index (χ0v) is 19.1. The summed E-state index contributed by atoms with van der Waals surface area (Å²) >= 11 is 1.44. The minimum atomic E-state index is -1.05. The van der Waals surface area contributed by atoms with E-state index in [0.717, 1.165) is 10.4 Å². The predicted octanol–water partition coefficient (Wildman–Crippen LogP) is 5.68. The molecule has 0 bridgehead atoms. The van der Waals surface area contributed by atoms with Crippen molar-refractivity contribution in [1.29, 1.82) is 0 Å². The number of phenols is 1. The molecule has 172 valence electrons. The van der Waals surface area contributed by atoms with E-state index in [1.165, 1.54) is 30.4 Å². The number of thiophene rings is 1. The predicted molar refractivity (Wildman–Crippen MR) is 130 cm³/mol. The molecule has 0 radical (unpaired) electrons. The molecule has 3 N–H and O–H groups in total. The van der Waals surface area contributed by atoms with E-state index in [1.54, 1.807) is 36.4 Å². The number of phenolic OH excluding ortho intramolecular Hbond substituents is 1. The van der Waals surface area contributed by atoms with Gasteiger partial charge < -0.3 is 20.1 Å². The Kier molecular flexibility index (Phi) is 6.77. The summed E-state index contributed by atoms with van der Waals surface area (Å²) in [5.41, 5.74) is 2.78. The Morgan fingerprint density at radius 1 is 0.971 bits per heavy atom. The highest BCUT2D eigenvalue weighted by Crippen LogP contribution is 2.42. The molecule has 1 atom stereocenters. The maximum atomic E-state index is 11.9. The summed E-state index contributed by atoms with van der Waals surface area (Å²) in [5.74, 6) is -0.926. The van der Waals surface area contributed by atoms with Gasteiger partial charge in [0, 0.05) is 4.88 Å². The maximum absolute atomic E-state index is 11.9. The van der Waals surface area contributed by atoms with Gasteiger partial charge in [-0.05, 0) is 59.3 Å². The Balaban J connectivity index is 1.53. The molecule has 4 rings (SSSR count). The van der Waals surface area contributed by atoms with Crippen LogP contribution >= 0.6 is 11.3 Å². The summed E-state index contributed by atoms with van der Waals surface area (Å²) in [4.78, 5) is 23.9. The minimum Gasteiger partial charge on any atom is -0.506 e. The van der Waals surface area contributed by atoms with Crippen molar-refractivity contribution >= 4 is 23.1 Å². The number of Topliss-reactive ketones (excluding diaryl/α,β-unsaturated/α-hetero) is 1. The molecule has 4 aromatic rings. The van der Waals surface area contributed by atoms with Crippen molar-refractivity contribution in [2.24, 2.45) is 0 Å². The van der Waals surface area contributed by atoms with Crippen molar-refractivity contribution in [1.82, 2.24) is 0 Å². The number of aromatic hydroxyl groups is 1. The lowest BCUT2D eigenvalue weighted by Gasteiger charge is -2.15. The lowest BCUT2D eigenvalue weighted by Crippen LogP contribution is -2.04. The van der Waals surface area contributed by atoms with E-state index in [1.807, 2.05) is 29.6 Å². The van der Waals surface area contributed by atoms with Gasteiger partial charge in [-0.2, -0.15) is 0 Å². The van der Waals surface area contributed by atoms with Crippen LogP contribution in [0.2, 0.25) is 0 Å². The van der Waals surface area contributed by atoms with Crippen molar-refractivity contribution in [3.63, 3.8) is 0 Å². The average Bonchev–Trinajstić information content (AvgIpc) is 3.37. The second-order valence-corrected chi connectivity index (χ2v) is 8.68. The van der Waals surface area contributed by atoms with Gasteiger partial charge in [0.25, 0.3) is 0 Å². The molecule has 7 heteroatoms. The fourth-order valence-corrected chi connectivity index (χ4v) is 4.40. The van der Waals surface area contributed by atoms with Crippen molar-refractivity contribution in [3.05, 3.63) is 106 Å². The highest BCUT2D eigenvalue weighted by atomic mass is 32.1. The summed E-state index contributed by atoms with van der Waals surface area (Å²) < 4.78 is 6.00. The number of aliphatic hydroxyl groups is 1. The van der Waals surface area contributed by atoms with Crippen molar-refractivity contribution in [3.8, 4) is 21.9 Å². The average molecular weight is 475 g/mol. The van der Waals surface area contributed by atoms with E-state index in [-0.39, 0.29) is 29.3 Å². The number of carbonyl (C=O) groups is 2. The second-order valence-electron chi connectivity index (χ2n) is 7.73. The number of carbonyl (C=O) groups excluding carboxylic acids is 1. The van der Waals surface area contributed by atoms with E-state index in [4.69, 9.17) is 9.84 Å². The first-order valence-corrected chi connectivity index (χ1v) is 11.4. The number of ketones is 1. The fraction of sp³-hybridized carbons (Fsp3) is 0.111. The topological polar surface area (TPSA) is 104 Å². The van der Waals surface area contributed by atoms with Gasteiger partial charge >= 0.3 is 5.97 Å². The molecule has 0 saturated carbocycles. The number of hydrogen-bond donors (Lipinski definition) is 3. The normalized spacial score (nSPS) is 11.7. The zero-order valence-electron chi connectivity index (χ0n) is 18.3. The number of benzene rings is 3. The molecule has 0 aliphatic rings. The van der Waals surface area contributed by atoms with Crippen LogP contribution in [0.3, 0.4) is 0 Å². The molecule has 6 nitrogen and oxygen atoms in total. The zero-order chi connectivity index (χ0) is 24.2. The Bertz CT molecular complexity index is 1330. The molecule has 0 aliphatic carbocycles. The van der Waals surface area contributed by atoms with Crippen LogP contribution in [0.15, 0.2) is 78.2 Å². The Morgan fingerprint density at radius 2 is 1.74 bits per heavy atom. The lowest BCUT2D eigenvalue weighted by atomic mass is 9.99. The van der Waals surface area contributed by atoms with Gasteiger partial charge in [0.05, 0.1) is 16.7 Å².